The topological polar surface area (TPSA) is 1460 Å². The molecule has 105 nitrogen and oxygen atoms in total. The van der Waals surface area contributed by atoms with E-state index in [0.29, 0.717) is 0 Å². The zero-order chi connectivity index (χ0) is 107. The number of nitriles is 1. The number of nitrogens with one attached hydrogen (secondary N) is 8. The van der Waals surface area contributed by atoms with Gasteiger partial charge in [-0.1, -0.05) is 0 Å². The van der Waals surface area contributed by atoms with Gasteiger partial charge >= 0.3 is 49.3 Å². The van der Waals surface area contributed by atoms with Crippen LogP contribution >= 0.6 is 0 Å². The number of nitro groups is 16. The SMILES string of the molecule is CC#N.O=[N+]([O-])C(c1nc(-c2nonc2N=Nc2nonc2-c2n[nH]c(C([N+](=O)[O-])[N+](=O)[O-])n2)n[nH]1)[N+](=O)[O-].O=[N+]([O-])C(c1nc(-c2nonc2N=Nc2nonc2-c2n[nH]c(C([N+](=O)[O-])[N+](=O)[O-])n2)n[nH]1)[N+](=O)[O-].O=[N+]([O-])C(c1nc(-c2nonc2N=Nc2nonc2-c2n[nH]c(C([N+](=O)[O-])[N+](=O)[O-])n2)n[nH]1)[N+](=O)[O-].O=[N+]([O-])C(c1nc(-c2nonc2N=Nc2nonc2-c2n[nH]c(C([N+](=O)[O-])[N+](=O)[O-])n2)n[nH]1)[N+](=O)[O-]. The fourth-order valence-electron chi connectivity index (χ4n) is 9.68. The van der Waals surface area contributed by atoms with Gasteiger partial charge in [0, 0.05) is 6.92 Å². The van der Waals surface area contributed by atoms with Gasteiger partial charge in [0.05, 0.1) is 6.07 Å². The smallest absolute Gasteiger partial charge is 0.258 e. The Hall–Kier alpha value is -25.5. The molecule has 147 heavy (non-hydrogen) atoms. The predicted octanol–water partition coefficient (Wildman–Crippen LogP) is -1.30. The molecule has 752 valence electrons. The Morgan fingerprint density at radius 3 is 0.367 bits per heavy atom. The molecule has 16 aromatic rings. The molecule has 0 bridgehead atoms. The Labute approximate surface area is 774 Å². The third-order valence-electron chi connectivity index (χ3n) is 15.6. The molecule has 16 heterocycles. The Kier molecular flexibility index (Phi) is 29.6. The molecule has 0 aliphatic heterocycles. The fourth-order valence-corrected chi connectivity index (χ4v) is 9.68. The van der Waals surface area contributed by atoms with Gasteiger partial charge in [-0.3, -0.25) is 203 Å². The average Bonchev–Trinajstić information content (AvgIpc) is 1.90. The lowest BCUT2D eigenvalue weighted by Crippen LogP contribution is -2.21. The molecule has 0 fully saturated rings. The number of aromatic nitrogens is 40. The number of hydrogen-bond donors (Lipinski definition) is 8. The van der Waals surface area contributed by atoms with Crippen LogP contribution in [0, 0.1) is 173 Å². The van der Waals surface area contributed by atoms with Crippen LogP contribution < -0.4 is 0 Å². The standard InChI is InChI=1S/4C10H4N16O10.C2H3N/c4*27-23(28)9(24(29)30)7-11-3(13-17-7)1-5(21-35-19-1)15-16-6-2(20-36-22-6)4-12-8(18-14-4)10(25(31)32)26(33)34;1-2-3/h4*9-10H,(H,11,13,17)(H,12,14,18);1H3. The van der Waals surface area contributed by atoms with Crippen molar-refractivity contribution < 1.29 is 116 Å². The average molecular weight is 2070 g/mol. The number of nitrogens with zero attached hydrogens (tertiary/aromatic N) is 57. The van der Waals surface area contributed by atoms with Crippen LogP contribution in [0.5, 0.6) is 0 Å². The lowest BCUT2D eigenvalue weighted by Gasteiger charge is -1.96. The van der Waals surface area contributed by atoms with Crippen LogP contribution in [0.15, 0.2) is 77.9 Å². The number of hydrogen-bond acceptors (Lipinski definition) is 81. The third-order valence-corrected chi connectivity index (χ3v) is 15.6. The van der Waals surface area contributed by atoms with Gasteiger partial charge in [0.2, 0.25) is 139 Å². The van der Waals surface area contributed by atoms with Crippen molar-refractivity contribution in [2.24, 2.45) is 40.9 Å². The van der Waals surface area contributed by atoms with Crippen molar-refractivity contribution in [2.75, 3.05) is 0 Å². The zero-order valence-corrected chi connectivity index (χ0v) is 67.9. The predicted molar refractivity (Wildman–Crippen MR) is 399 cm³/mol. The molecule has 105 heteroatoms. The second-order valence-electron chi connectivity index (χ2n) is 24.4. The Morgan fingerprint density at radius 2 is 0.286 bits per heavy atom. The summed E-state index contributed by atoms with van der Waals surface area (Å²) in [5.74, 6) is -12.6. The van der Waals surface area contributed by atoms with Gasteiger partial charge < -0.3 is 0 Å². The first kappa shape index (κ1) is 101. The van der Waals surface area contributed by atoms with E-state index in [4.69, 9.17) is 5.26 Å². The van der Waals surface area contributed by atoms with E-state index in [1.165, 1.54) is 6.92 Å². The van der Waals surface area contributed by atoms with Crippen LogP contribution in [0.4, 0.5) is 46.5 Å². The molecule has 0 aromatic carbocycles. The van der Waals surface area contributed by atoms with E-state index in [1.807, 2.05) is 40.8 Å². The normalized spacial score (nSPS) is 11.3. The van der Waals surface area contributed by atoms with E-state index in [2.05, 4.69) is 241 Å². The van der Waals surface area contributed by atoms with Crippen molar-refractivity contribution in [1.29, 1.82) is 5.26 Å². The monoisotopic (exact) mass is 2070 g/mol. The summed E-state index contributed by atoms with van der Waals surface area (Å²) in [5.41, 5.74) is -2.74. The van der Waals surface area contributed by atoms with Crippen LogP contribution in [-0.4, -0.2) is 283 Å². The summed E-state index contributed by atoms with van der Waals surface area (Å²) in [4.78, 5) is 184. The van der Waals surface area contributed by atoms with E-state index >= 15 is 0 Å². The van der Waals surface area contributed by atoms with Crippen LogP contribution in [0.3, 0.4) is 0 Å². The molecular formula is C42H19N65O40. The molecule has 0 spiro atoms. The van der Waals surface area contributed by atoms with Crippen LogP contribution in [0.2, 0.25) is 0 Å². The van der Waals surface area contributed by atoms with E-state index in [-0.39, 0.29) is 45.6 Å². The van der Waals surface area contributed by atoms with Crippen molar-refractivity contribution in [3.8, 4) is 98.2 Å². The van der Waals surface area contributed by atoms with Gasteiger partial charge in [0.15, 0.2) is 0 Å². The van der Waals surface area contributed by atoms with Crippen molar-refractivity contribution in [3.63, 3.8) is 0 Å². The lowest BCUT2D eigenvalue weighted by atomic mass is 10.4. The molecule has 0 amide bonds. The summed E-state index contributed by atoms with van der Waals surface area (Å²) in [6.07, 6.45) is -19.5. The summed E-state index contributed by atoms with van der Waals surface area (Å²) in [6, 6.07) is 1.75. The Morgan fingerprint density at radius 1 is 0.197 bits per heavy atom. The summed E-state index contributed by atoms with van der Waals surface area (Å²) < 4.78 is 35.9. The first-order valence-corrected chi connectivity index (χ1v) is 35.2. The summed E-state index contributed by atoms with van der Waals surface area (Å²) in [6.45, 7) is 1.43. The highest BCUT2D eigenvalue weighted by atomic mass is 16.7. The lowest BCUT2D eigenvalue weighted by molar-refractivity contribution is -0.754. The van der Waals surface area contributed by atoms with Gasteiger partial charge in [0.25, 0.3) is 46.6 Å². The van der Waals surface area contributed by atoms with E-state index in [0.717, 1.165) is 0 Å². The zero-order valence-electron chi connectivity index (χ0n) is 67.9. The quantitative estimate of drug-likeness (QED) is 0.00957. The highest BCUT2D eigenvalue weighted by Crippen LogP contribution is 2.37. The molecule has 0 atom stereocenters. The van der Waals surface area contributed by atoms with Gasteiger partial charge in [-0.25, -0.2) is 37.0 Å². The highest BCUT2D eigenvalue weighted by molar-refractivity contribution is 5.67. The molecule has 0 aliphatic carbocycles. The molecule has 0 saturated heterocycles. The maximum Gasteiger partial charge on any atom is 0.509 e. The number of rotatable bonds is 40. The largest absolute Gasteiger partial charge is 0.509 e. The molecule has 16 aromatic heterocycles. The van der Waals surface area contributed by atoms with Crippen molar-refractivity contribution in [3.05, 3.63) is 208 Å². The summed E-state index contributed by atoms with van der Waals surface area (Å²) in [5, 5.41) is 310. The summed E-state index contributed by atoms with van der Waals surface area (Å²) >= 11 is 0. The van der Waals surface area contributed by atoms with Gasteiger partial charge in [0.1, 0.15) is 78.8 Å². The van der Waals surface area contributed by atoms with Crippen molar-refractivity contribution in [1.82, 2.24) is 204 Å². The Bertz CT molecular complexity index is 6440. The first-order chi connectivity index (χ1) is 70.1. The van der Waals surface area contributed by atoms with Crippen LogP contribution in [0.25, 0.3) is 92.1 Å². The second-order valence-corrected chi connectivity index (χ2v) is 24.4. The molecule has 0 aliphatic rings. The molecule has 0 saturated carbocycles. The van der Waals surface area contributed by atoms with Crippen molar-refractivity contribution in [2.45, 2.75) is 56.2 Å². The molecule has 0 unspecified atom stereocenters. The second kappa shape index (κ2) is 43.3. The first-order valence-electron chi connectivity index (χ1n) is 35.2. The molecular weight excluding hydrogens is 2050 g/mol. The van der Waals surface area contributed by atoms with E-state index in [9.17, 15) is 162 Å². The van der Waals surface area contributed by atoms with Crippen LogP contribution in [-0.2, 0) is 0 Å². The maximum absolute atomic E-state index is 10.9. The maximum atomic E-state index is 10.9. The van der Waals surface area contributed by atoms with Gasteiger partial charge in [-0.15, -0.1) is 40.9 Å². The van der Waals surface area contributed by atoms with E-state index < -0.39 is 268 Å². The molecule has 16 rings (SSSR count). The highest BCUT2D eigenvalue weighted by Gasteiger charge is 2.47. The Balaban J connectivity index is 0.000000172. The van der Waals surface area contributed by atoms with E-state index in [1.54, 1.807) is 6.07 Å². The minimum absolute atomic E-state index is 0.343. The van der Waals surface area contributed by atoms with Gasteiger partial charge in [-0.2, -0.15) is 85.9 Å². The summed E-state index contributed by atoms with van der Waals surface area (Å²) in [7, 11) is 0. The van der Waals surface area contributed by atoms with Crippen LogP contribution in [0.1, 0.15) is 103 Å². The number of azo groups is 4. The minimum Gasteiger partial charge on any atom is -0.258 e. The number of aromatic amines is 8. The molecule has 8 N–H and O–H groups in total. The molecule has 0 radical (unpaired) electrons. The number of H-pyrrole nitrogens is 8. The fraction of sp³-hybridized carbons (Fsp3) is 0.214. The van der Waals surface area contributed by atoms with Crippen molar-refractivity contribution >= 4 is 46.5 Å². The minimum atomic E-state index is -2.43. The van der Waals surface area contributed by atoms with Gasteiger partial charge in [-0.05, 0) is 82.5 Å². The third kappa shape index (κ3) is 22.5.